The minimum Gasteiger partial charge on any atom is -0.493 e. The lowest BCUT2D eigenvalue weighted by atomic mass is 10.1. The van der Waals surface area contributed by atoms with Crippen molar-refractivity contribution in [3.8, 4) is 17.0 Å². The lowest BCUT2D eigenvalue weighted by Crippen LogP contribution is -2.04. The molecule has 3 aromatic rings. The first-order chi connectivity index (χ1) is 14.1. The second kappa shape index (κ2) is 9.84. The fraction of sp³-hybridized carbons (Fsp3) is 0.227. The summed E-state index contributed by atoms with van der Waals surface area (Å²) in [6, 6.07) is 17.2. The molecular weight excluding hydrogens is 386 g/mol. The number of esters is 1. The molecular formula is C22H23N3O3S. The Bertz CT molecular complexity index is 984. The van der Waals surface area contributed by atoms with Crippen LogP contribution in [0.1, 0.15) is 29.1 Å². The zero-order valence-corrected chi connectivity index (χ0v) is 17.4. The second-order valence-corrected chi connectivity index (χ2v) is 7.70. The van der Waals surface area contributed by atoms with Gasteiger partial charge in [-0.3, -0.25) is 5.43 Å². The van der Waals surface area contributed by atoms with E-state index in [0.717, 1.165) is 16.9 Å². The van der Waals surface area contributed by atoms with E-state index in [-0.39, 0.29) is 0 Å². The highest BCUT2D eigenvalue weighted by Crippen LogP contribution is 2.31. The number of aromatic nitrogens is 1. The van der Waals surface area contributed by atoms with Gasteiger partial charge in [0.2, 0.25) is 5.13 Å². The van der Waals surface area contributed by atoms with Crippen molar-refractivity contribution in [3.05, 3.63) is 65.0 Å². The van der Waals surface area contributed by atoms with E-state index < -0.39 is 5.97 Å². The van der Waals surface area contributed by atoms with Gasteiger partial charge in [0.25, 0.3) is 0 Å². The van der Waals surface area contributed by atoms with Gasteiger partial charge in [0.05, 0.1) is 25.6 Å². The van der Waals surface area contributed by atoms with Crippen LogP contribution in [-0.2, 0) is 4.74 Å². The first kappa shape index (κ1) is 20.5. The number of hydrogen-bond donors (Lipinski definition) is 1. The molecule has 0 radical (unpaired) electrons. The third-order valence-corrected chi connectivity index (χ3v) is 4.80. The Morgan fingerprint density at radius 2 is 2.00 bits per heavy atom. The third-order valence-electron chi connectivity index (χ3n) is 3.86. The van der Waals surface area contributed by atoms with Crippen LogP contribution in [0.5, 0.6) is 5.75 Å². The molecule has 6 nitrogen and oxygen atoms in total. The zero-order chi connectivity index (χ0) is 20.6. The van der Waals surface area contributed by atoms with Crippen molar-refractivity contribution in [2.45, 2.75) is 13.8 Å². The Morgan fingerprint density at radius 1 is 1.21 bits per heavy atom. The predicted molar refractivity (Wildman–Crippen MR) is 117 cm³/mol. The summed E-state index contributed by atoms with van der Waals surface area (Å²) >= 11 is 1.20. The molecule has 0 fully saturated rings. The van der Waals surface area contributed by atoms with E-state index in [9.17, 15) is 4.79 Å². The fourth-order valence-corrected chi connectivity index (χ4v) is 3.36. The molecule has 0 bridgehead atoms. The van der Waals surface area contributed by atoms with Crippen molar-refractivity contribution < 1.29 is 14.3 Å². The van der Waals surface area contributed by atoms with Crippen molar-refractivity contribution in [1.82, 2.24) is 4.98 Å². The van der Waals surface area contributed by atoms with Gasteiger partial charge < -0.3 is 9.47 Å². The molecule has 1 aromatic heterocycles. The van der Waals surface area contributed by atoms with Crippen LogP contribution in [0.3, 0.4) is 0 Å². The molecule has 0 saturated carbocycles. The van der Waals surface area contributed by atoms with E-state index in [4.69, 9.17) is 9.47 Å². The number of rotatable bonds is 8. The number of hydrazone groups is 1. The van der Waals surface area contributed by atoms with Crippen molar-refractivity contribution in [2.75, 3.05) is 19.1 Å². The smallest absolute Gasteiger partial charge is 0.350 e. The van der Waals surface area contributed by atoms with Crippen molar-refractivity contribution in [3.63, 3.8) is 0 Å². The van der Waals surface area contributed by atoms with Crippen LogP contribution in [0, 0.1) is 5.92 Å². The largest absolute Gasteiger partial charge is 0.493 e. The van der Waals surface area contributed by atoms with Gasteiger partial charge in [-0.15, -0.1) is 0 Å². The molecule has 0 spiro atoms. The topological polar surface area (TPSA) is 72.8 Å². The summed E-state index contributed by atoms with van der Waals surface area (Å²) in [7, 11) is 1.36. The molecule has 1 N–H and O–H groups in total. The maximum atomic E-state index is 12.1. The highest BCUT2D eigenvalue weighted by molar-refractivity contribution is 7.17. The number of benzene rings is 2. The molecule has 150 valence electrons. The van der Waals surface area contributed by atoms with Gasteiger partial charge in [-0.1, -0.05) is 67.6 Å². The summed E-state index contributed by atoms with van der Waals surface area (Å²) in [5.74, 6) is 0.839. The van der Waals surface area contributed by atoms with E-state index in [1.54, 1.807) is 6.21 Å². The minimum atomic E-state index is -0.423. The lowest BCUT2D eigenvalue weighted by Gasteiger charge is -2.08. The second-order valence-electron chi connectivity index (χ2n) is 6.70. The molecule has 0 atom stereocenters. The maximum Gasteiger partial charge on any atom is 0.350 e. The molecule has 1 heterocycles. The predicted octanol–water partition coefficient (Wildman–Crippen LogP) is 5.08. The third kappa shape index (κ3) is 5.65. The number of carbonyl (C=O) groups excluding carboxylic acids is 1. The van der Waals surface area contributed by atoms with Gasteiger partial charge in [0, 0.05) is 5.56 Å². The normalized spacial score (nSPS) is 11.0. The van der Waals surface area contributed by atoms with Crippen LogP contribution in [0.4, 0.5) is 5.13 Å². The monoisotopic (exact) mass is 409 g/mol. The number of nitrogens with zero attached hydrogens (tertiary/aromatic N) is 2. The first-order valence-corrected chi connectivity index (χ1v) is 10.0. The van der Waals surface area contributed by atoms with Gasteiger partial charge >= 0.3 is 5.97 Å². The number of nitrogens with one attached hydrogen (secondary N) is 1. The molecule has 7 heteroatoms. The van der Waals surface area contributed by atoms with Crippen LogP contribution >= 0.6 is 11.3 Å². The average molecular weight is 410 g/mol. The Labute approximate surface area is 174 Å². The molecule has 3 rings (SSSR count). The van der Waals surface area contributed by atoms with Gasteiger partial charge in [-0.2, -0.15) is 5.10 Å². The highest BCUT2D eigenvalue weighted by atomic mass is 32.1. The van der Waals surface area contributed by atoms with Crippen LogP contribution in [0.15, 0.2) is 59.7 Å². The van der Waals surface area contributed by atoms with Gasteiger partial charge in [-0.25, -0.2) is 9.78 Å². The highest BCUT2D eigenvalue weighted by Gasteiger charge is 2.19. The number of carbonyl (C=O) groups is 1. The van der Waals surface area contributed by atoms with Crippen molar-refractivity contribution in [2.24, 2.45) is 11.0 Å². The Kier molecular flexibility index (Phi) is 6.97. The molecule has 29 heavy (non-hydrogen) atoms. The van der Waals surface area contributed by atoms with E-state index in [2.05, 4.69) is 29.4 Å². The van der Waals surface area contributed by atoms with Gasteiger partial charge in [-0.05, 0) is 23.6 Å². The lowest BCUT2D eigenvalue weighted by molar-refractivity contribution is 0.0607. The number of thiazole rings is 1. The SMILES string of the molecule is COC(=O)c1sc(N/N=C\c2cccc(OCC(C)C)c2)nc1-c1ccccc1. The minimum absolute atomic E-state index is 0.423. The standard InChI is InChI=1S/C22H23N3O3S/c1-15(2)14-28-18-11-7-8-16(12-18)13-23-25-22-24-19(17-9-5-4-6-10-17)20(29-22)21(26)27-3/h4-13,15H,14H2,1-3H3,(H,24,25)/b23-13-. The molecule has 0 aliphatic rings. The molecule has 0 amide bonds. The summed E-state index contributed by atoms with van der Waals surface area (Å²) in [5.41, 5.74) is 5.21. The number of hydrogen-bond acceptors (Lipinski definition) is 7. The zero-order valence-electron chi connectivity index (χ0n) is 16.6. The molecule has 0 aliphatic heterocycles. The molecule has 0 aliphatic carbocycles. The Balaban J connectivity index is 1.75. The van der Waals surface area contributed by atoms with Crippen LogP contribution < -0.4 is 10.2 Å². The molecule has 0 saturated heterocycles. The van der Waals surface area contributed by atoms with Gasteiger partial charge in [0.15, 0.2) is 0 Å². The van der Waals surface area contributed by atoms with E-state index in [1.807, 2.05) is 54.6 Å². The number of ether oxygens (including phenoxy) is 2. The van der Waals surface area contributed by atoms with Crippen molar-refractivity contribution in [1.29, 1.82) is 0 Å². The summed E-state index contributed by atoms with van der Waals surface area (Å²) in [6.45, 7) is 4.88. The van der Waals surface area contributed by atoms with Crippen LogP contribution in [0.25, 0.3) is 11.3 Å². The van der Waals surface area contributed by atoms with E-state index >= 15 is 0 Å². The average Bonchev–Trinajstić information content (AvgIpc) is 3.17. The Hall–Kier alpha value is -3.19. The van der Waals surface area contributed by atoms with Crippen LogP contribution in [-0.4, -0.2) is 30.9 Å². The summed E-state index contributed by atoms with van der Waals surface area (Å²) in [6.07, 6.45) is 1.68. The molecule has 2 aromatic carbocycles. The quantitative estimate of drug-likeness (QED) is 0.319. The first-order valence-electron chi connectivity index (χ1n) is 9.23. The van der Waals surface area contributed by atoms with Crippen molar-refractivity contribution >= 4 is 28.7 Å². The fourth-order valence-electron chi connectivity index (χ4n) is 2.50. The maximum absolute atomic E-state index is 12.1. The summed E-state index contributed by atoms with van der Waals surface area (Å²) in [5, 5.41) is 4.75. The Morgan fingerprint density at radius 3 is 2.72 bits per heavy atom. The molecule has 0 unspecified atom stereocenters. The summed E-state index contributed by atoms with van der Waals surface area (Å²) < 4.78 is 10.6. The summed E-state index contributed by atoms with van der Waals surface area (Å²) in [4.78, 5) is 17.1. The van der Waals surface area contributed by atoms with Gasteiger partial charge in [0.1, 0.15) is 10.6 Å². The van der Waals surface area contributed by atoms with E-state index in [1.165, 1.54) is 18.4 Å². The number of anilines is 1. The van der Waals surface area contributed by atoms with E-state index in [0.29, 0.717) is 28.2 Å². The van der Waals surface area contributed by atoms with Crippen LogP contribution in [0.2, 0.25) is 0 Å². The number of methoxy groups -OCH3 is 1.